The Kier molecular flexibility index (Phi) is 45.4. The molecule has 0 bridgehead atoms. The lowest BCUT2D eigenvalue weighted by molar-refractivity contribution is -0.870. The number of carbonyl (C=O) groups is 1. The summed E-state index contributed by atoms with van der Waals surface area (Å²) in [5, 5.41) is 14.0. The van der Waals surface area contributed by atoms with Crippen LogP contribution in [0.3, 0.4) is 0 Å². The molecule has 64 heavy (non-hydrogen) atoms. The van der Waals surface area contributed by atoms with Crippen LogP contribution in [0.1, 0.15) is 245 Å². The third kappa shape index (κ3) is 48.4. The van der Waals surface area contributed by atoms with Crippen molar-refractivity contribution in [3.63, 3.8) is 0 Å². The Balaban J connectivity index is 4.08. The Hall–Kier alpha value is -1.54. The highest BCUT2D eigenvalue weighted by atomic mass is 31.2. The standard InChI is InChI=1S/C55H105N2O6P/c1-6-8-10-12-14-16-18-20-21-22-23-24-25-26-27-28-29-30-31-32-33-34-35-37-39-41-43-45-47-49-55(59)56-53(52-63-64(60,61)62-51-50-57(3,4)5)54(58)48-46-44-42-40-38-36-19-17-15-13-11-9-7-2/h8,10,14,16,20-21,23-24,53-54,58H,6-7,9,11-13,15,17-19,22,25-52H2,1-5H3,(H-,56,59,60,61)/b10-8-,16-14-,21-20-,24-23-. The summed E-state index contributed by atoms with van der Waals surface area (Å²) in [6.45, 7) is 4.62. The maximum atomic E-state index is 12.9. The second kappa shape index (κ2) is 46.6. The minimum absolute atomic E-state index is 0.0123. The highest BCUT2D eigenvalue weighted by Gasteiger charge is 2.24. The van der Waals surface area contributed by atoms with E-state index in [1.165, 1.54) is 154 Å². The molecule has 0 heterocycles. The summed E-state index contributed by atoms with van der Waals surface area (Å²) in [6.07, 6.45) is 59.9. The number of phosphoric acid groups is 1. The highest BCUT2D eigenvalue weighted by molar-refractivity contribution is 7.45. The van der Waals surface area contributed by atoms with Crippen molar-refractivity contribution in [1.29, 1.82) is 0 Å². The highest BCUT2D eigenvalue weighted by Crippen LogP contribution is 2.38. The molecule has 0 aliphatic rings. The number of hydrogen-bond donors (Lipinski definition) is 2. The molecule has 9 heteroatoms. The maximum Gasteiger partial charge on any atom is 0.268 e. The predicted molar refractivity (Wildman–Crippen MR) is 274 cm³/mol. The molecule has 0 aromatic rings. The van der Waals surface area contributed by atoms with Crippen molar-refractivity contribution in [2.24, 2.45) is 0 Å². The number of amides is 1. The minimum atomic E-state index is -4.57. The van der Waals surface area contributed by atoms with Crippen molar-refractivity contribution < 1.29 is 32.9 Å². The molecule has 376 valence electrons. The van der Waals surface area contributed by atoms with Gasteiger partial charge in [-0.15, -0.1) is 0 Å². The van der Waals surface area contributed by atoms with E-state index in [1.807, 2.05) is 21.1 Å². The van der Waals surface area contributed by atoms with Gasteiger partial charge in [-0.3, -0.25) is 9.36 Å². The van der Waals surface area contributed by atoms with Gasteiger partial charge < -0.3 is 28.8 Å². The number of aliphatic hydroxyl groups excluding tert-OH is 1. The van der Waals surface area contributed by atoms with Crippen LogP contribution in [0.15, 0.2) is 48.6 Å². The first-order valence-corrected chi connectivity index (χ1v) is 28.4. The molecule has 1 amide bonds. The molecule has 0 aliphatic carbocycles. The summed E-state index contributed by atoms with van der Waals surface area (Å²) in [6, 6.07) is -0.799. The van der Waals surface area contributed by atoms with Gasteiger partial charge in [-0.1, -0.05) is 236 Å². The van der Waals surface area contributed by atoms with Crippen LogP contribution in [0.5, 0.6) is 0 Å². The second-order valence-electron chi connectivity index (χ2n) is 19.6. The Morgan fingerprint density at radius 1 is 0.562 bits per heavy atom. The normalized spacial score (nSPS) is 14.4. The van der Waals surface area contributed by atoms with Crippen LogP contribution in [-0.4, -0.2) is 68.5 Å². The lowest BCUT2D eigenvalue weighted by Gasteiger charge is -2.30. The van der Waals surface area contributed by atoms with Crippen molar-refractivity contribution >= 4 is 13.7 Å². The summed E-state index contributed by atoms with van der Waals surface area (Å²) < 4.78 is 23.3. The number of unbranched alkanes of at least 4 members (excludes halogenated alkanes) is 28. The van der Waals surface area contributed by atoms with Gasteiger partial charge in [-0.25, -0.2) is 0 Å². The monoisotopic (exact) mass is 921 g/mol. The summed E-state index contributed by atoms with van der Waals surface area (Å²) in [7, 11) is 1.31. The van der Waals surface area contributed by atoms with Crippen LogP contribution in [0, 0.1) is 0 Å². The molecule has 8 nitrogen and oxygen atoms in total. The molecule has 3 unspecified atom stereocenters. The minimum Gasteiger partial charge on any atom is -0.756 e. The van der Waals surface area contributed by atoms with Gasteiger partial charge in [-0.05, 0) is 51.4 Å². The molecule has 0 aliphatic heterocycles. The van der Waals surface area contributed by atoms with Crippen LogP contribution in [0.4, 0.5) is 0 Å². The molecule has 0 rings (SSSR count). The number of aliphatic hydroxyl groups is 1. The maximum absolute atomic E-state index is 12.9. The number of nitrogens with one attached hydrogen (secondary N) is 1. The zero-order valence-electron chi connectivity index (χ0n) is 42.7. The second-order valence-corrected chi connectivity index (χ2v) is 21.0. The lowest BCUT2D eigenvalue weighted by atomic mass is 10.0. The van der Waals surface area contributed by atoms with Gasteiger partial charge in [0, 0.05) is 6.42 Å². The van der Waals surface area contributed by atoms with Crippen molar-refractivity contribution in [3.05, 3.63) is 48.6 Å². The van der Waals surface area contributed by atoms with E-state index in [1.54, 1.807) is 0 Å². The summed E-state index contributed by atoms with van der Waals surface area (Å²) in [5.74, 6) is -0.164. The van der Waals surface area contributed by atoms with E-state index in [2.05, 4.69) is 67.8 Å². The third-order valence-electron chi connectivity index (χ3n) is 12.1. The molecular formula is C55H105N2O6P. The Morgan fingerprint density at radius 2 is 0.953 bits per heavy atom. The average Bonchev–Trinajstić information content (AvgIpc) is 3.25. The van der Waals surface area contributed by atoms with E-state index in [9.17, 15) is 19.4 Å². The molecule has 0 fully saturated rings. The largest absolute Gasteiger partial charge is 0.756 e. The number of phosphoric ester groups is 1. The first kappa shape index (κ1) is 62.5. The quantitative estimate of drug-likeness (QED) is 0.0272. The summed E-state index contributed by atoms with van der Waals surface area (Å²) in [5.41, 5.74) is 0. The van der Waals surface area contributed by atoms with E-state index in [-0.39, 0.29) is 19.1 Å². The molecular weight excluding hydrogens is 816 g/mol. The molecule has 0 radical (unpaired) electrons. The average molecular weight is 921 g/mol. The fourth-order valence-corrected chi connectivity index (χ4v) is 8.58. The van der Waals surface area contributed by atoms with E-state index >= 15 is 0 Å². The number of likely N-dealkylation sites (N-methyl/N-ethyl adjacent to an activating group) is 1. The molecule has 0 aromatic heterocycles. The van der Waals surface area contributed by atoms with E-state index < -0.39 is 20.0 Å². The molecule has 0 aromatic carbocycles. The number of hydrogen-bond acceptors (Lipinski definition) is 6. The van der Waals surface area contributed by atoms with Crippen LogP contribution in [-0.2, 0) is 18.4 Å². The van der Waals surface area contributed by atoms with Crippen molar-refractivity contribution in [2.45, 2.75) is 257 Å². The smallest absolute Gasteiger partial charge is 0.268 e. The topological polar surface area (TPSA) is 108 Å². The van der Waals surface area contributed by atoms with Gasteiger partial charge in [0.05, 0.1) is 39.9 Å². The first-order chi connectivity index (χ1) is 31.0. The Bertz CT molecular complexity index is 1180. The van der Waals surface area contributed by atoms with Gasteiger partial charge in [0.2, 0.25) is 5.91 Å². The van der Waals surface area contributed by atoms with Crippen LogP contribution in [0.2, 0.25) is 0 Å². The van der Waals surface area contributed by atoms with Crippen molar-refractivity contribution in [3.8, 4) is 0 Å². The SMILES string of the molecule is CC/C=C\C/C=C\C/C=C\C/C=C\CCCCCCCCCCCCCCCCCCC(=O)NC(COP(=O)([O-])OCC[N+](C)(C)C)C(O)CCCCCCCCCCCCCCC. The fourth-order valence-electron chi connectivity index (χ4n) is 7.86. The number of quaternary nitrogens is 1. The number of nitrogens with zero attached hydrogens (tertiary/aromatic N) is 1. The predicted octanol–water partition coefficient (Wildman–Crippen LogP) is 15.3. The number of carbonyl (C=O) groups excluding carboxylic acids is 1. The first-order valence-electron chi connectivity index (χ1n) is 27.0. The molecule has 0 saturated heterocycles. The third-order valence-corrected chi connectivity index (χ3v) is 13.0. The van der Waals surface area contributed by atoms with Gasteiger partial charge in [0.25, 0.3) is 7.82 Å². The van der Waals surface area contributed by atoms with Gasteiger partial charge >= 0.3 is 0 Å². The Morgan fingerprint density at radius 3 is 1.39 bits per heavy atom. The van der Waals surface area contributed by atoms with Crippen LogP contribution < -0.4 is 10.2 Å². The number of rotatable bonds is 49. The van der Waals surface area contributed by atoms with Crippen LogP contribution >= 0.6 is 7.82 Å². The fraction of sp³-hybridized carbons (Fsp3) is 0.836. The van der Waals surface area contributed by atoms with Gasteiger partial charge in [0.15, 0.2) is 0 Å². The zero-order valence-corrected chi connectivity index (χ0v) is 43.6. The van der Waals surface area contributed by atoms with Crippen LogP contribution in [0.25, 0.3) is 0 Å². The van der Waals surface area contributed by atoms with Crippen molar-refractivity contribution in [2.75, 3.05) is 40.9 Å². The Labute approximate surface area is 397 Å². The van der Waals surface area contributed by atoms with E-state index in [0.29, 0.717) is 23.9 Å². The molecule has 2 N–H and O–H groups in total. The van der Waals surface area contributed by atoms with E-state index in [4.69, 9.17) is 9.05 Å². The van der Waals surface area contributed by atoms with Crippen molar-refractivity contribution in [1.82, 2.24) is 5.32 Å². The summed E-state index contributed by atoms with van der Waals surface area (Å²) >= 11 is 0. The molecule has 0 spiro atoms. The molecule has 3 atom stereocenters. The zero-order chi connectivity index (χ0) is 47.1. The number of allylic oxidation sites excluding steroid dienone is 8. The van der Waals surface area contributed by atoms with Gasteiger partial charge in [0.1, 0.15) is 13.2 Å². The lowest BCUT2D eigenvalue weighted by Crippen LogP contribution is -2.46. The molecule has 0 saturated carbocycles. The van der Waals surface area contributed by atoms with Gasteiger partial charge in [-0.2, -0.15) is 0 Å². The van der Waals surface area contributed by atoms with E-state index in [0.717, 1.165) is 64.2 Å². The summed E-state index contributed by atoms with van der Waals surface area (Å²) in [4.78, 5) is 25.4.